The van der Waals surface area contributed by atoms with E-state index < -0.39 is 0 Å². The van der Waals surface area contributed by atoms with Crippen LogP contribution in [-0.2, 0) is 11.2 Å². The molecular formula is C15H18N2O3. The van der Waals surface area contributed by atoms with E-state index in [0.29, 0.717) is 18.0 Å². The maximum Gasteiger partial charge on any atom is 0.226 e. The van der Waals surface area contributed by atoms with Crippen LogP contribution in [0.5, 0.6) is 5.75 Å². The lowest BCUT2D eigenvalue weighted by Gasteiger charge is -2.00. The minimum Gasteiger partial charge on any atom is -0.497 e. The Balaban J connectivity index is 2.06. The van der Waals surface area contributed by atoms with Crippen LogP contribution < -0.4 is 10.1 Å². The first kappa shape index (κ1) is 14.1. The Hall–Kier alpha value is -2.30. The van der Waals surface area contributed by atoms with E-state index in [1.807, 2.05) is 31.2 Å². The molecule has 0 aliphatic carbocycles. The Morgan fingerprint density at radius 1 is 1.40 bits per heavy atom. The number of aromatic nitrogens is 1. The monoisotopic (exact) mass is 274 g/mol. The summed E-state index contributed by atoms with van der Waals surface area (Å²) >= 11 is 0. The molecule has 2 rings (SSSR count). The van der Waals surface area contributed by atoms with Crippen molar-refractivity contribution in [1.82, 2.24) is 10.5 Å². The average Bonchev–Trinajstić information content (AvgIpc) is 2.93. The fourth-order valence-corrected chi connectivity index (χ4v) is 1.80. The van der Waals surface area contributed by atoms with Gasteiger partial charge in [0.2, 0.25) is 5.91 Å². The zero-order valence-corrected chi connectivity index (χ0v) is 11.7. The molecule has 0 spiro atoms. The third kappa shape index (κ3) is 3.60. The number of ether oxygens (including phenoxy) is 1. The van der Waals surface area contributed by atoms with Crippen molar-refractivity contribution < 1.29 is 14.1 Å². The predicted octanol–water partition coefficient (Wildman–Crippen LogP) is 2.42. The largest absolute Gasteiger partial charge is 0.497 e. The first-order chi connectivity index (χ1) is 9.72. The molecule has 0 bridgehead atoms. The third-order valence-electron chi connectivity index (χ3n) is 2.83. The highest BCUT2D eigenvalue weighted by Gasteiger charge is 2.10. The molecule has 1 aromatic carbocycles. The van der Waals surface area contributed by atoms with Gasteiger partial charge in [-0.25, -0.2) is 0 Å². The minimum atomic E-state index is -0.0441. The van der Waals surface area contributed by atoms with Crippen LogP contribution in [0.4, 0.5) is 0 Å². The van der Waals surface area contributed by atoms with Crippen LogP contribution in [0.2, 0.25) is 0 Å². The highest BCUT2D eigenvalue weighted by molar-refractivity contribution is 5.78. The molecule has 2 aromatic rings. The second-order valence-corrected chi connectivity index (χ2v) is 4.44. The number of hydrogen-bond donors (Lipinski definition) is 1. The Labute approximate surface area is 117 Å². The van der Waals surface area contributed by atoms with E-state index in [0.717, 1.165) is 17.7 Å². The number of rotatable bonds is 6. The second kappa shape index (κ2) is 6.75. The minimum absolute atomic E-state index is 0.0441. The van der Waals surface area contributed by atoms with Crippen LogP contribution in [0.25, 0.3) is 11.3 Å². The fourth-order valence-electron chi connectivity index (χ4n) is 1.80. The zero-order chi connectivity index (χ0) is 14.4. The molecule has 0 atom stereocenters. The normalized spacial score (nSPS) is 10.3. The topological polar surface area (TPSA) is 64.4 Å². The van der Waals surface area contributed by atoms with Gasteiger partial charge < -0.3 is 14.6 Å². The molecule has 0 unspecified atom stereocenters. The molecule has 0 saturated heterocycles. The van der Waals surface area contributed by atoms with Crippen molar-refractivity contribution in [2.24, 2.45) is 0 Å². The fraction of sp³-hybridized carbons (Fsp3) is 0.333. The van der Waals surface area contributed by atoms with Gasteiger partial charge in [0.15, 0.2) is 5.76 Å². The summed E-state index contributed by atoms with van der Waals surface area (Å²) in [5.41, 5.74) is 1.49. The van der Waals surface area contributed by atoms with E-state index >= 15 is 0 Å². The summed E-state index contributed by atoms with van der Waals surface area (Å²) in [5, 5.41) is 6.73. The molecule has 0 aliphatic heterocycles. The quantitative estimate of drug-likeness (QED) is 0.878. The van der Waals surface area contributed by atoms with E-state index in [-0.39, 0.29) is 12.3 Å². The summed E-state index contributed by atoms with van der Waals surface area (Å²) in [7, 11) is 1.61. The summed E-state index contributed by atoms with van der Waals surface area (Å²) in [6.45, 7) is 2.69. The number of methoxy groups -OCH3 is 1. The predicted molar refractivity (Wildman–Crippen MR) is 75.5 cm³/mol. The Morgan fingerprint density at radius 3 is 3.00 bits per heavy atom. The van der Waals surface area contributed by atoms with E-state index in [4.69, 9.17) is 9.26 Å². The highest BCUT2D eigenvalue weighted by Crippen LogP contribution is 2.24. The standard InChI is InChI=1S/C15H18N2O3/c1-3-7-16-15(18)10-12-9-14(20-17-12)11-5-4-6-13(8-11)19-2/h4-6,8-9H,3,7,10H2,1-2H3,(H,16,18). The first-order valence-electron chi connectivity index (χ1n) is 6.59. The van der Waals surface area contributed by atoms with Gasteiger partial charge in [-0.05, 0) is 18.6 Å². The molecule has 1 N–H and O–H groups in total. The van der Waals surface area contributed by atoms with Crippen molar-refractivity contribution in [2.75, 3.05) is 13.7 Å². The van der Waals surface area contributed by atoms with Gasteiger partial charge in [-0.2, -0.15) is 0 Å². The van der Waals surface area contributed by atoms with Crippen molar-refractivity contribution >= 4 is 5.91 Å². The van der Waals surface area contributed by atoms with Gasteiger partial charge in [0.05, 0.1) is 19.2 Å². The molecule has 1 heterocycles. The number of hydrogen-bond acceptors (Lipinski definition) is 4. The molecule has 0 radical (unpaired) electrons. The van der Waals surface area contributed by atoms with Crippen LogP contribution in [0.1, 0.15) is 19.0 Å². The molecule has 106 valence electrons. The van der Waals surface area contributed by atoms with Crippen molar-refractivity contribution in [2.45, 2.75) is 19.8 Å². The number of carbonyl (C=O) groups excluding carboxylic acids is 1. The van der Waals surface area contributed by atoms with Crippen molar-refractivity contribution in [3.8, 4) is 17.1 Å². The second-order valence-electron chi connectivity index (χ2n) is 4.44. The number of carbonyl (C=O) groups is 1. The molecule has 5 nitrogen and oxygen atoms in total. The van der Waals surface area contributed by atoms with Gasteiger partial charge in [-0.1, -0.05) is 24.2 Å². The first-order valence-corrected chi connectivity index (χ1v) is 6.59. The van der Waals surface area contributed by atoms with Crippen molar-refractivity contribution in [3.05, 3.63) is 36.0 Å². The zero-order valence-electron chi connectivity index (χ0n) is 11.7. The number of nitrogens with zero attached hydrogens (tertiary/aromatic N) is 1. The molecule has 0 aliphatic rings. The smallest absolute Gasteiger partial charge is 0.226 e. The molecule has 1 aromatic heterocycles. The van der Waals surface area contributed by atoms with Crippen LogP contribution in [0, 0.1) is 0 Å². The van der Waals surface area contributed by atoms with Gasteiger partial charge in [0.1, 0.15) is 5.75 Å². The van der Waals surface area contributed by atoms with E-state index in [1.54, 1.807) is 13.2 Å². The van der Waals surface area contributed by atoms with Gasteiger partial charge >= 0.3 is 0 Å². The lowest BCUT2D eigenvalue weighted by Crippen LogP contribution is -2.25. The lowest BCUT2D eigenvalue weighted by molar-refractivity contribution is -0.120. The van der Waals surface area contributed by atoms with Gasteiger partial charge in [0, 0.05) is 18.2 Å². The number of amides is 1. The summed E-state index contributed by atoms with van der Waals surface area (Å²) in [4.78, 5) is 11.6. The summed E-state index contributed by atoms with van der Waals surface area (Å²) in [6.07, 6.45) is 1.15. The van der Waals surface area contributed by atoms with E-state index in [1.165, 1.54) is 0 Å². The van der Waals surface area contributed by atoms with Gasteiger partial charge in [-0.3, -0.25) is 4.79 Å². The van der Waals surface area contributed by atoms with E-state index in [9.17, 15) is 4.79 Å². The molecule has 5 heteroatoms. The van der Waals surface area contributed by atoms with Gasteiger partial charge in [0.25, 0.3) is 0 Å². The molecular weight excluding hydrogens is 256 g/mol. The Kier molecular flexibility index (Phi) is 4.76. The van der Waals surface area contributed by atoms with Crippen LogP contribution in [-0.4, -0.2) is 24.7 Å². The van der Waals surface area contributed by atoms with Crippen LogP contribution >= 0.6 is 0 Å². The maximum absolute atomic E-state index is 11.6. The summed E-state index contributed by atoms with van der Waals surface area (Å²) in [6, 6.07) is 9.29. The third-order valence-corrected chi connectivity index (χ3v) is 2.83. The summed E-state index contributed by atoms with van der Waals surface area (Å²) < 4.78 is 10.4. The molecule has 1 amide bonds. The lowest BCUT2D eigenvalue weighted by atomic mass is 10.1. The molecule has 20 heavy (non-hydrogen) atoms. The number of nitrogens with one attached hydrogen (secondary N) is 1. The summed E-state index contributed by atoms with van der Waals surface area (Å²) in [5.74, 6) is 1.33. The number of benzene rings is 1. The molecule has 0 saturated carbocycles. The average molecular weight is 274 g/mol. The van der Waals surface area contributed by atoms with Crippen LogP contribution in [0.3, 0.4) is 0 Å². The Bertz CT molecular complexity index is 578. The van der Waals surface area contributed by atoms with Crippen molar-refractivity contribution in [1.29, 1.82) is 0 Å². The van der Waals surface area contributed by atoms with Gasteiger partial charge in [-0.15, -0.1) is 0 Å². The molecule has 0 fully saturated rings. The van der Waals surface area contributed by atoms with Crippen LogP contribution in [0.15, 0.2) is 34.9 Å². The van der Waals surface area contributed by atoms with Crippen molar-refractivity contribution in [3.63, 3.8) is 0 Å². The highest BCUT2D eigenvalue weighted by atomic mass is 16.5. The SMILES string of the molecule is CCCNC(=O)Cc1cc(-c2cccc(OC)c2)on1. The maximum atomic E-state index is 11.6. The van der Waals surface area contributed by atoms with E-state index in [2.05, 4.69) is 10.5 Å². The Morgan fingerprint density at radius 2 is 2.25 bits per heavy atom.